The summed E-state index contributed by atoms with van der Waals surface area (Å²) < 4.78 is 3.32. The molecule has 78 valence electrons. The molecule has 0 aliphatic heterocycles. The van der Waals surface area contributed by atoms with Gasteiger partial charge in [-0.1, -0.05) is 6.07 Å². The first-order chi connectivity index (χ1) is 7.24. The van der Waals surface area contributed by atoms with Crippen LogP contribution in [0.3, 0.4) is 0 Å². The molecule has 2 aromatic rings. The van der Waals surface area contributed by atoms with E-state index in [0.717, 1.165) is 6.54 Å². The van der Waals surface area contributed by atoms with Crippen molar-refractivity contribution in [3.8, 4) is 0 Å². The number of hydrogen-bond donors (Lipinski definition) is 1. The van der Waals surface area contributed by atoms with E-state index in [1.165, 1.54) is 14.8 Å². The number of anilines is 1. The monoisotopic (exact) mass is 312 g/mol. The third kappa shape index (κ3) is 2.99. The molecule has 0 aliphatic carbocycles. The van der Waals surface area contributed by atoms with Crippen molar-refractivity contribution in [2.24, 2.45) is 7.05 Å². The van der Waals surface area contributed by atoms with Gasteiger partial charge in [0.2, 0.25) is 0 Å². The zero-order chi connectivity index (χ0) is 10.7. The van der Waals surface area contributed by atoms with Crippen molar-refractivity contribution in [1.29, 1.82) is 0 Å². The fourth-order valence-corrected chi connectivity index (χ4v) is 2.01. The van der Waals surface area contributed by atoms with Gasteiger partial charge in [-0.05, 0) is 52.4 Å². The summed E-state index contributed by atoms with van der Waals surface area (Å²) in [6, 6.07) is 10.5. The molecule has 0 fully saturated rings. The van der Waals surface area contributed by atoms with Crippen LogP contribution in [0.25, 0.3) is 0 Å². The highest BCUT2D eigenvalue weighted by Gasteiger charge is 1.95. The lowest BCUT2D eigenvalue weighted by molar-refractivity contribution is 0.920. The average molecular weight is 312 g/mol. The molecule has 2 rings (SSSR count). The SMILES string of the molecule is Cn1ccc(CNc2cccc(I)c2)c1. The van der Waals surface area contributed by atoms with Crippen molar-refractivity contribution in [1.82, 2.24) is 4.57 Å². The van der Waals surface area contributed by atoms with E-state index in [1.54, 1.807) is 0 Å². The number of nitrogens with zero attached hydrogens (tertiary/aromatic N) is 1. The molecule has 0 aliphatic rings. The highest BCUT2D eigenvalue weighted by Crippen LogP contribution is 2.13. The summed E-state index contributed by atoms with van der Waals surface area (Å²) in [6.07, 6.45) is 4.19. The van der Waals surface area contributed by atoms with Crippen molar-refractivity contribution in [2.75, 3.05) is 5.32 Å². The molecule has 15 heavy (non-hydrogen) atoms. The fraction of sp³-hybridized carbons (Fsp3) is 0.167. The standard InChI is InChI=1S/C12H13IN2/c1-15-6-5-10(9-15)8-14-12-4-2-3-11(13)7-12/h2-7,9,14H,8H2,1H3. The van der Waals surface area contributed by atoms with Gasteiger partial charge in [0.25, 0.3) is 0 Å². The average Bonchev–Trinajstić information content (AvgIpc) is 2.62. The molecule has 0 saturated heterocycles. The summed E-state index contributed by atoms with van der Waals surface area (Å²) in [7, 11) is 2.04. The van der Waals surface area contributed by atoms with E-state index < -0.39 is 0 Å². The van der Waals surface area contributed by atoms with Gasteiger partial charge >= 0.3 is 0 Å². The molecular formula is C12H13IN2. The topological polar surface area (TPSA) is 17.0 Å². The largest absolute Gasteiger partial charge is 0.381 e. The Bertz CT molecular complexity index is 448. The van der Waals surface area contributed by atoms with Crippen molar-refractivity contribution in [3.63, 3.8) is 0 Å². The summed E-state index contributed by atoms with van der Waals surface area (Å²) in [5, 5.41) is 3.40. The van der Waals surface area contributed by atoms with E-state index >= 15 is 0 Å². The molecule has 0 bridgehead atoms. The first-order valence-corrected chi connectivity index (χ1v) is 5.92. The van der Waals surface area contributed by atoms with Gasteiger partial charge in [-0.2, -0.15) is 0 Å². The molecule has 1 N–H and O–H groups in total. The third-order valence-electron chi connectivity index (χ3n) is 2.21. The fourth-order valence-electron chi connectivity index (χ4n) is 1.47. The Kier molecular flexibility index (Phi) is 3.30. The number of nitrogens with one attached hydrogen (secondary N) is 1. The van der Waals surface area contributed by atoms with E-state index in [0.29, 0.717) is 0 Å². The molecule has 1 heterocycles. The van der Waals surface area contributed by atoms with Gasteiger partial charge in [-0.3, -0.25) is 0 Å². The Morgan fingerprint density at radius 2 is 2.20 bits per heavy atom. The second-order valence-electron chi connectivity index (χ2n) is 3.55. The second kappa shape index (κ2) is 4.70. The lowest BCUT2D eigenvalue weighted by atomic mass is 10.3. The Hall–Kier alpha value is -0.970. The Morgan fingerprint density at radius 1 is 1.33 bits per heavy atom. The normalized spacial score (nSPS) is 10.3. The molecule has 1 aromatic carbocycles. The van der Waals surface area contributed by atoms with Crippen LogP contribution in [-0.4, -0.2) is 4.57 Å². The number of hydrogen-bond acceptors (Lipinski definition) is 1. The predicted octanol–water partition coefficient (Wildman–Crippen LogP) is 3.24. The van der Waals surface area contributed by atoms with E-state index in [9.17, 15) is 0 Å². The molecular weight excluding hydrogens is 299 g/mol. The predicted molar refractivity (Wildman–Crippen MR) is 71.9 cm³/mol. The Morgan fingerprint density at radius 3 is 2.87 bits per heavy atom. The van der Waals surface area contributed by atoms with Gasteiger partial charge in [0.15, 0.2) is 0 Å². The minimum Gasteiger partial charge on any atom is -0.381 e. The van der Waals surface area contributed by atoms with Crippen LogP contribution in [0.4, 0.5) is 5.69 Å². The molecule has 2 nitrogen and oxygen atoms in total. The summed E-state index contributed by atoms with van der Waals surface area (Å²) in [5.74, 6) is 0. The highest BCUT2D eigenvalue weighted by molar-refractivity contribution is 14.1. The number of halogens is 1. The van der Waals surface area contributed by atoms with Crippen molar-refractivity contribution >= 4 is 28.3 Å². The summed E-state index contributed by atoms with van der Waals surface area (Å²) >= 11 is 2.32. The molecule has 0 unspecified atom stereocenters. The zero-order valence-electron chi connectivity index (χ0n) is 8.57. The van der Waals surface area contributed by atoms with Gasteiger partial charge in [0.1, 0.15) is 0 Å². The van der Waals surface area contributed by atoms with Crippen molar-refractivity contribution in [2.45, 2.75) is 6.54 Å². The molecule has 3 heteroatoms. The smallest absolute Gasteiger partial charge is 0.0415 e. The minimum absolute atomic E-state index is 0.876. The minimum atomic E-state index is 0.876. The maximum absolute atomic E-state index is 3.40. The van der Waals surface area contributed by atoms with Crippen molar-refractivity contribution < 1.29 is 0 Å². The second-order valence-corrected chi connectivity index (χ2v) is 4.79. The summed E-state index contributed by atoms with van der Waals surface area (Å²) in [5.41, 5.74) is 2.47. The van der Waals surface area contributed by atoms with Crippen LogP contribution in [0.1, 0.15) is 5.56 Å². The highest BCUT2D eigenvalue weighted by atomic mass is 127. The number of rotatable bonds is 3. The van der Waals surface area contributed by atoms with E-state index in [-0.39, 0.29) is 0 Å². The van der Waals surface area contributed by atoms with Crippen molar-refractivity contribution in [3.05, 3.63) is 51.9 Å². The summed E-state index contributed by atoms with van der Waals surface area (Å²) in [6.45, 7) is 0.876. The van der Waals surface area contributed by atoms with E-state index in [4.69, 9.17) is 0 Å². The summed E-state index contributed by atoms with van der Waals surface area (Å²) in [4.78, 5) is 0. The maximum Gasteiger partial charge on any atom is 0.0415 e. The molecule has 0 amide bonds. The van der Waals surface area contributed by atoms with Gasteiger partial charge in [0, 0.05) is 35.2 Å². The van der Waals surface area contributed by atoms with Crippen LogP contribution in [0.2, 0.25) is 0 Å². The molecule has 0 atom stereocenters. The molecule has 0 radical (unpaired) electrons. The van der Waals surface area contributed by atoms with Crippen LogP contribution >= 0.6 is 22.6 Å². The van der Waals surface area contributed by atoms with Crippen LogP contribution in [0.15, 0.2) is 42.7 Å². The van der Waals surface area contributed by atoms with Gasteiger partial charge < -0.3 is 9.88 Å². The Balaban J connectivity index is 1.99. The Labute approximate surface area is 103 Å². The van der Waals surface area contributed by atoms with Gasteiger partial charge in [-0.25, -0.2) is 0 Å². The number of aromatic nitrogens is 1. The first-order valence-electron chi connectivity index (χ1n) is 4.84. The lowest BCUT2D eigenvalue weighted by Crippen LogP contribution is -1.98. The number of aryl methyl sites for hydroxylation is 1. The van der Waals surface area contributed by atoms with E-state index in [1.807, 2.05) is 7.05 Å². The van der Waals surface area contributed by atoms with Crippen LogP contribution < -0.4 is 5.32 Å². The number of benzene rings is 1. The maximum atomic E-state index is 3.40. The molecule has 1 aromatic heterocycles. The quantitative estimate of drug-likeness (QED) is 0.861. The van der Waals surface area contributed by atoms with E-state index in [2.05, 4.69) is 75.2 Å². The molecule has 0 saturated carbocycles. The van der Waals surface area contributed by atoms with Gasteiger partial charge in [0.05, 0.1) is 0 Å². The third-order valence-corrected chi connectivity index (χ3v) is 2.89. The lowest BCUT2D eigenvalue weighted by Gasteiger charge is -2.04. The van der Waals surface area contributed by atoms with Gasteiger partial charge in [-0.15, -0.1) is 0 Å². The first kappa shape index (κ1) is 10.5. The molecule has 0 spiro atoms. The van der Waals surface area contributed by atoms with Crippen LogP contribution in [-0.2, 0) is 13.6 Å². The zero-order valence-corrected chi connectivity index (χ0v) is 10.7. The van der Waals surface area contributed by atoms with Crippen LogP contribution in [0, 0.1) is 3.57 Å². The van der Waals surface area contributed by atoms with Crippen LogP contribution in [0.5, 0.6) is 0 Å².